The Bertz CT molecular complexity index is 2250. The summed E-state index contributed by atoms with van der Waals surface area (Å²) in [6.45, 7) is 4.60. The van der Waals surface area contributed by atoms with E-state index in [-0.39, 0.29) is 24.3 Å². The van der Waals surface area contributed by atoms with E-state index < -0.39 is 12.0 Å². The number of carbonyl (C=O) groups excluding carboxylic acids is 1. The summed E-state index contributed by atoms with van der Waals surface area (Å²) < 4.78 is 21.5. The van der Waals surface area contributed by atoms with Gasteiger partial charge in [0, 0.05) is 14.7 Å². The molecular formula is C37H28Cl2I2N2O5S. The highest BCUT2D eigenvalue weighted by molar-refractivity contribution is 14.1. The fourth-order valence-corrected chi connectivity index (χ4v) is 8.79. The maximum Gasteiger partial charge on any atom is 0.338 e. The van der Waals surface area contributed by atoms with E-state index in [9.17, 15) is 9.59 Å². The van der Waals surface area contributed by atoms with E-state index in [0.717, 1.165) is 29.4 Å². The molecule has 0 unspecified atom stereocenters. The van der Waals surface area contributed by atoms with Crippen molar-refractivity contribution in [2.45, 2.75) is 26.5 Å². The van der Waals surface area contributed by atoms with E-state index in [0.29, 0.717) is 43.2 Å². The first kappa shape index (κ1) is 35.6. The van der Waals surface area contributed by atoms with Gasteiger partial charge in [-0.05, 0) is 113 Å². The Morgan fingerprint density at radius 3 is 2.39 bits per heavy atom. The van der Waals surface area contributed by atoms with Gasteiger partial charge in [0.05, 0.1) is 48.7 Å². The zero-order chi connectivity index (χ0) is 34.7. The molecule has 0 N–H and O–H groups in total. The molecule has 49 heavy (non-hydrogen) atoms. The summed E-state index contributed by atoms with van der Waals surface area (Å²) in [6.07, 6.45) is 1.82. The minimum Gasteiger partial charge on any atom is -0.494 e. The SMILES string of the molecule is CCOC(=O)C1=C(c2ccccc2)N=c2s/c(=C\c3cc(I)cc(I)c3OCc3ccc(Cl)c(Cl)c3)c(=O)n2[C@@H]1c1ccc(OCC)cc1. The Morgan fingerprint density at radius 1 is 0.939 bits per heavy atom. The summed E-state index contributed by atoms with van der Waals surface area (Å²) in [6, 6.07) is 25.4. The van der Waals surface area contributed by atoms with Crippen LogP contribution in [0.4, 0.5) is 0 Å². The Hall–Kier alpha value is -3.17. The summed E-state index contributed by atoms with van der Waals surface area (Å²) >= 11 is 18.1. The number of hydrogen-bond acceptors (Lipinski definition) is 7. The first-order valence-electron chi connectivity index (χ1n) is 15.3. The Kier molecular flexibility index (Phi) is 11.5. The third-order valence-electron chi connectivity index (χ3n) is 7.57. The van der Waals surface area contributed by atoms with E-state index in [1.807, 2.05) is 85.8 Å². The van der Waals surface area contributed by atoms with Crippen LogP contribution in [0.15, 0.2) is 100 Å². The molecule has 0 saturated carbocycles. The smallest absolute Gasteiger partial charge is 0.338 e. The highest BCUT2D eigenvalue weighted by Crippen LogP contribution is 2.36. The lowest BCUT2D eigenvalue weighted by Gasteiger charge is -2.26. The van der Waals surface area contributed by atoms with E-state index in [1.165, 1.54) is 11.3 Å². The third-order valence-corrected chi connectivity index (χ3v) is 10.7. The minimum absolute atomic E-state index is 0.168. The van der Waals surface area contributed by atoms with Crippen molar-refractivity contribution in [1.82, 2.24) is 4.57 Å². The summed E-state index contributed by atoms with van der Waals surface area (Å²) in [5.41, 5.74) is 3.49. The van der Waals surface area contributed by atoms with E-state index >= 15 is 0 Å². The van der Waals surface area contributed by atoms with Gasteiger partial charge in [-0.15, -0.1) is 0 Å². The van der Waals surface area contributed by atoms with Crippen LogP contribution in [-0.2, 0) is 16.1 Å². The lowest BCUT2D eigenvalue weighted by molar-refractivity contribution is -0.138. The number of ether oxygens (including phenoxy) is 3. The summed E-state index contributed by atoms with van der Waals surface area (Å²) in [7, 11) is 0. The van der Waals surface area contributed by atoms with Gasteiger partial charge in [0.1, 0.15) is 18.1 Å². The number of aromatic nitrogens is 1. The van der Waals surface area contributed by atoms with Crippen molar-refractivity contribution in [2.24, 2.45) is 4.99 Å². The Balaban J connectivity index is 1.54. The molecule has 1 atom stereocenters. The molecule has 0 radical (unpaired) electrons. The number of rotatable bonds is 10. The van der Waals surface area contributed by atoms with Gasteiger partial charge in [-0.3, -0.25) is 9.36 Å². The second kappa shape index (κ2) is 15.8. The van der Waals surface area contributed by atoms with E-state index in [1.54, 1.807) is 23.6 Å². The van der Waals surface area contributed by atoms with Gasteiger partial charge < -0.3 is 14.2 Å². The zero-order valence-electron chi connectivity index (χ0n) is 26.2. The van der Waals surface area contributed by atoms with Crippen LogP contribution in [-0.4, -0.2) is 23.8 Å². The van der Waals surface area contributed by atoms with Gasteiger partial charge in [0.2, 0.25) is 0 Å². The molecule has 1 aromatic heterocycles. The molecule has 0 fully saturated rings. The topological polar surface area (TPSA) is 79.1 Å². The summed E-state index contributed by atoms with van der Waals surface area (Å²) in [4.78, 5) is 33.7. The maximum absolute atomic E-state index is 14.5. The van der Waals surface area contributed by atoms with E-state index in [2.05, 4.69) is 45.2 Å². The van der Waals surface area contributed by atoms with Crippen molar-refractivity contribution in [3.8, 4) is 11.5 Å². The number of carbonyl (C=O) groups is 1. The predicted octanol–water partition coefficient (Wildman–Crippen LogP) is 8.43. The maximum atomic E-state index is 14.5. The molecular weight excluding hydrogens is 909 g/mol. The predicted molar refractivity (Wildman–Crippen MR) is 211 cm³/mol. The zero-order valence-corrected chi connectivity index (χ0v) is 32.9. The van der Waals surface area contributed by atoms with Gasteiger partial charge in [-0.1, -0.05) is 83.1 Å². The number of nitrogens with zero attached hydrogens (tertiary/aromatic N) is 2. The molecule has 4 aromatic carbocycles. The molecule has 2 heterocycles. The number of halogens is 4. The first-order valence-corrected chi connectivity index (χ1v) is 19.0. The molecule has 0 bridgehead atoms. The average molecular weight is 937 g/mol. The molecule has 0 spiro atoms. The number of fused-ring (bicyclic) bond motifs is 1. The highest BCUT2D eigenvalue weighted by atomic mass is 127. The second-order valence-electron chi connectivity index (χ2n) is 10.8. The molecule has 0 saturated heterocycles. The monoisotopic (exact) mass is 936 g/mol. The van der Waals surface area contributed by atoms with Crippen molar-refractivity contribution in [2.75, 3.05) is 13.2 Å². The Labute approximate surface area is 324 Å². The second-order valence-corrected chi connectivity index (χ2v) is 15.0. The lowest BCUT2D eigenvalue weighted by Crippen LogP contribution is -2.40. The van der Waals surface area contributed by atoms with Crippen LogP contribution in [0.1, 0.15) is 42.1 Å². The Morgan fingerprint density at radius 2 is 1.69 bits per heavy atom. The molecule has 0 aliphatic carbocycles. The molecule has 12 heteroatoms. The molecule has 0 amide bonds. The fraction of sp³-hybridized carbons (Fsp3) is 0.162. The number of hydrogen-bond donors (Lipinski definition) is 0. The molecule has 6 rings (SSSR count). The van der Waals surface area contributed by atoms with Gasteiger partial charge >= 0.3 is 5.97 Å². The van der Waals surface area contributed by atoms with Crippen LogP contribution in [0.5, 0.6) is 11.5 Å². The standard InChI is InChI=1S/C37H28Cl2I2N2O5S/c1-3-46-26-13-11-23(12-14-26)33-31(36(45)47-4-2)32(22-8-6-5-7-9-22)42-37-43(33)35(44)30(49-37)18-24-17-25(40)19-29(41)34(24)48-20-21-10-15-27(38)28(39)16-21/h5-19,33H,3-4,20H2,1-2H3/b30-18-/t33-/m1/s1. The van der Waals surface area contributed by atoms with Crippen LogP contribution < -0.4 is 24.4 Å². The number of benzene rings is 4. The quantitative estimate of drug-likeness (QED) is 0.104. The fourth-order valence-electron chi connectivity index (χ4n) is 5.43. The molecule has 1 aliphatic rings. The number of esters is 1. The summed E-state index contributed by atoms with van der Waals surface area (Å²) in [5, 5.41) is 0.913. The van der Waals surface area contributed by atoms with Crippen LogP contribution in [0.3, 0.4) is 0 Å². The van der Waals surface area contributed by atoms with Crippen molar-refractivity contribution >= 4 is 97.5 Å². The summed E-state index contributed by atoms with van der Waals surface area (Å²) in [5.74, 6) is 0.770. The van der Waals surface area contributed by atoms with Gasteiger partial charge in [-0.2, -0.15) is 0 Å². The number of thiazole rings is 1. The van der Waals surface area contributed by atoms with Crippen LogP contribution >= 0.6 is 79.7 Å². The first-order chi connectivity index (χ1) is 23.7. The van der Waals surface area contributed by atoms with E-state index in [4.69, 9.17) is 42.4 Å². The lowest BCUT2D eigenvalue weighted by atomic mass is 9.93. The highest BCUT2D eigenvalue weighted by Gasteiger charge is 2.35. The normalized spacial score (nSPS) is 14.3. The van der Waals surface area contributed by atoms with Crippen LogP contribution in [0, 0.1) is 7.14 Å². The van der Waals surface area contributed by atoms with Crippen molar-refractivity contribution < 1.29 is 19.0 Å². The van der Waals surface area contributed by atoms with Crippen molar-refractivity contribution in [3.63, 3.8) is 0 Å². The largest absolute Gasteiger partial charge is 0.494 e. The van der Waals surface area contributed by atoms with Crippen molar-refractivity contribution in [3.05, 3.63) is 150 Å². The molecule has 5 aromatic rings. The van der Waals surface area contributed by atoms with Gasteiger partial charge in [0.25, 0.3) is 5.56 Å². The van der Waals surface area contributed by atoms with Crippen molar-refractivity contribution in [1.29, 1.82) is 0 Å². The molecule has 1 aliphatic heterocycles. The van der Waals surface area contributed by atoms with Gasteiger partial charge in [0.15, 0.2) is 4.80 Å². The van der Waals surface area contributed by atoms with Crippen LogP contribution in [0.25, 0.3) is 11.8 Å². The molecule has 250 valence electrons. The van der Waals surface area contributed by atoms with Gasteiger partial charge in [-0.25, -0.2) is 9.79 Å². The minimum atomic E-state index is -0.801. The third kappa shape index (κ3) is 7.78. The van der Waals surface area contributed by atoms with Crippen LogP contribution in [0.2, 0.25) is 10.0 Å². The average Bonchev–Trinajstić information content (AvgIpc) is 3.40. The molecule has 7 nitrogen and oxygen atoms in total.